The van der Waals surface area contributed by atoms with E-state index in [0.717, 1.165) is 6.42 Å². The predicted molar refractivity (Wildman–Crippen MR) is 75.1 cm³/mol. The third-order valence-corrected chi connectivity index (χ3v) is 5.53. The largest absolute Gasteiger partial charge is 0.480 e. The van der Waals surface area contributed by atoms with Crippen molar-refractivity contribution in [2.75, 3.05) is 37.7 Å². The maximum absolute atomic E-state index is 11.9. The Balaban J connectivity index is 2.13. The minimum Gasteiger partial charge on any atom is -0.480 e. The summed E-state index contributed by atoms with van der Waals surface area (Å²) >= 11 is 0. The van der Waals surface area contributed by atoms with E-state index < -0.39 is 15.8 Å². The highest BCUT2D eigenvalue weighted by Gasteiger charge is 2.46. The van der Waals surface area contributed by atoms with Gasteiger partial charge in [-0.15, -0.1) is 5.92 Å². The number of rotatable bonds is 3. The molecule has 0 amide bonds. The van der Waals surface area contributed by atoms with Gasteiger partial charge in [0.1, 0.15) is 0 Å². The van der Waals surface area contributed by atoms with Crippen molar-refractivity contribution < 1.29 is 18.3 Å². The van der Waals surface area contributed by atoms with Crippen molar-refractivity contribution in [3.05, 3.63) is 0 Å². The maximum atomic E-state index is 11.9. The fourth-order valence-electron chi connectivity index (χ4n) is 2.95. The first-order chi connectivity index (χ1) is 9.43. The molecule has 0 saturated carbocycles. The van der Waals surface area contributed by atoms with E-state index in [-0.39, 0.29) is 30.1 Å². The summed E-state index contributed by atoms with van der Waals surface area (Å²) in [5, 5.41) is 8.93. The minimum atomic E-state index is -3.09. The molecule has 0 bridgehead atoms. The molecule has 6 nitrogen and oxygen atoms in total. The first-order valence-electron chi connectivity index (χ1n) is 6.79. The Morgan fingerprint density at radius 3 is 2.40 bits per heavy atom. The summed E-state index contributed by atoms with van der Waals surface area (Å²) in [4.78, 5) is 14.7. The summed E-state index contributed by atoms with van der Waals surface area (Å²) in [6, 6.07) is -0.340. The quantitative estimate of drug-likeness (QED) is 0.692. The van der Waals surface area contributed by atoms with Crippen molar-refractivity contribution in [2.45, 2.75) is 25.4 Å². The molecular formula is C13H20N2O4S. The number of sulfone groups is 1. The molecule has 20 heavy (non-hydrogen) atoms. The Hall–Kier alpha value is -1.10. The Bertz CT molecular complexity index is 534. The molecule has 2 saturated heterocycles. The van der Waals surface area contributed by atoms with Crippen molar-refractivity contribution in [3.63, 3.8) is 0 Å². The van der Waals surface area contributed by atoms with Crippen LogP contribution in [0.1, 0.15) is 13.3 Å². The topological polar surface area (TPSA) is 77.9 Å². The van der Waals surface area contributed by atoms with E-state index in [9.17, 15) is 13.2 Å². The molecule has 7 heteroatoms. The molecule has 2 fully saturated rings. The first kappa shape index (κ1) is 15.3. The van der Waals surface area contributed by atoms with Crippen LogP contribution in [-0.2, 0) is 14.6 Å². The Kier molecular flexibility index (Phi) is 4.68. The molecule has 2 rings (SSSR count). The molecule has 0 aromatic rings. The lowest BCUT2D eigenvalue weighted by molar-refractivity contribution is -0.139. The van der Waals surface area contributed by atoms with Gasteiger partial charge in [-0.05, 0) is 0 Å². The summed E-state index contributed by atoms with van der Waals surface area (Å²) in [5.74, 6) is 5.30. The highest BCUT2D eigenvalue weighted by Crippen LogP contribution is 2.26. The SMILES string of the molecule is CCC#CCN1CCN(CC(=O)O)[C@@H]2CS(=O)(=O)C[C@@H]21. The van der Waals surface area contributed by atoms with Gasteiger partial charge in [-0.25, -0.2) is 8.42 Å². The summed E-state index contributed by atoms with van der Waals surface area (Å²) in [7, 11) is -3.09. The highest BCUT2D eigenvalue weighted by molar-refractivity contribution is 7.91. The van der Waals surface area contributed by atoms with Crippen molar-refractivity contribution in [1.29, 1.82) is 0 Å². The fourth-order valence-corrected chi connectivity index (χ4v) is 4.99. The van der Waals surface area contributed by atoms with E-state index >= 15 is 0 Å². The van der Waals surface area contributed by atoms with E-state index in [2.05, 4.69) is 16.7 Å². The van der Waals surface area contributed by atoms with Gasteiger partial charge in [0.25, 0.3) is 0 Å². The average molecular weight is 300 g/mol. The highest BCUT2D eigenvalue weighted by atomic mass is 32.2. The number of hydrogen-bond donors (Lipinski definition) is 1. The van der Waals surface area contributed by atoms with Gasteiger partial charge in [0.2, 0.25) is 0 Å². The molecule has 0 spiro atoms. The molecule has 1 N–H and O–H groups in total. The lowest BCUT2D eigenvalue weighted by Gasteiger charge is -2.42. The van der Waals surface area contributed by atoms with Crippen LogP contribution in [0.2, 0.25) is 0 Å². The van der Waals surface area contributed by atoms with Crippen LogP contribution < -0.4 is 0 Å². The first-order valence-corrected chi connectivity index (χ1v) is 8.61. The number of aliphatic carboxylic acids is 1. The van der Waals surface area contributed by atoms with E-state index in [4.69, 9.17) is 5.11 Å². The third kappa shape index (κ3) is 3.51. The monoisotopic (exact) mass is 300 g/mol. The molecule has 0 aliphatic carbocycles. The van der Waals surface area contributed by atoms with Gasteiger partial charge in [0.05, 0.1) is 24.6 Å². The van der Waals surface area contributed by atoms with Gasteiger partial charge in [-0.3, -0.25) is 14.6 Å². The maximum Gasteiger partial charge on any atom is 0.317 e. The molecule has 0 radical (unpaired) electrons. The van der Waals surface area contributed by atoms with E-state index in [1.807, 2.05) is 6.92 Å². The molecule has 0 aromatic heterocycles. The van der Waals surface area contributed by atoms with Gasteiger partial charge < -0.3 is 5.11 Å². The van der Waals surface area contributed by atoms with Gasteiger partial charge in [-0.1, -0.05) is 12.8 Å². The number of hydrogen-bond acceptors (Lipinski definition) is 5. The lowest BCUT2D eigenvalue weighted by atomic mass is 10.0. The van der Waals surface area contributed by atoms with Crippen LogP contribution in [-0.4, -0.2) is 79.1 Å². The van der Waals surface area contributed by atoms with Crippen LogP contribution in [0, 0.1) is 11.8 Å². The van der Waals surface area contributed by atoms with Gasteiger partial charge >= 0.3 is 5.97 Å². The van der Waals surface area contributed by atoms with Crippen molar-refractivity contribution >= 4 is 15.8 Å². The van der Waals surface area contributed by atoms with Crippen molar-refractivity contribution in [2.24, 2.45) is 0 Å². The summed E-state index contributed by atoms with van der Waals surface area (Å²) in [5.41, 5.74) is 0. The van der Waals surface area contributed by atoms with E-state index in [1.54, 1.807) is 4.90 Å². The number of nitrogens with zero attached hydrogens (tertiary/aromatic N) is 2. The molecule has 2 atom stereocenters. The van der Waals surface area contributed by atoms with Crippen LogP contribution in [0.5, 0.6) is 0 Å². The molecule has 2 heterocycles. The summed E-state index contributed by atoms with van der Waals surface area (Å²) in [6.45, 7) is 3.69. The molecule has 2 aliphatic rings. The van der Waals surface area contributed by atoms with Crippen LogP contribution in [0.25, 0.3) is 0 Å². The zero-order valence-electron chi connectivity index (χ0n) is 11.6. The standard InChI is InChI=1S/C13H20N2O4S/c1-2-3-4-5-14-6-7-15(8-13(16)17)12-10-20(18,19)9-11(12)14/h11-12H,2,5-10H2,1H3,(H,16,17)/t11-,12+/m0/s1. The molecule has 0 unspecified atom stereocenters. The Morgan fingerprint density at radius 2 is 1.80 bits per heavy atom. The van der Waals surface area contributed by atoms with Crippen LogP contribution in [0.3, 0.4) is 0 Å². The van der Waals surface area contributed by atoms with Crippen molar-refractivity contribution in [3.8, 4) is 11.8 Å². The predicted octanol–water partition coefficient (Wildman–Crippen LogP) is -0.732. The Labute approximate surface area is 119 Å². The second-order valence-electron chi connectivity index (χ2n) is 5.25. The van der Waals surface area contributed by atoms with Crippen LogP contribution in [0.15, 0.2) is 0 Å². The number of carboxylic acid groups (broad SMARTS) is 1. The second kappa shape index (κ2) is 6.12. The second-order valence-corrected chi connectivity index (χ2v) is 7.41. The average Bonchev–Trinajstić information content (AvgIpc) is 2.67. The zero-order valence-corrected chi connectivity index (χ0v) is 12.4. The van der Waals surface area contributed by atoms with Gasteiger partial charge in [0, 0.05) is 31.6 Å². The van der Waals surface area contributed by atoms with Crippen LogP contribution >= 0.6 is 0 Å². The van der Waals surface area contributed by atoms with Gasteiger partial charge in [-0.2, -0.15) is 0 Å². The number of fused-ring (bicyclic) bond motifs is 1. The van der Waals surface area contributed by atoms with E-state index in [0.29, 0.717) is 19.6 Å². The lowest BCUT2D eigenvalue weighted by Crippen LogP contribution is -2.59. The third-order valence-electron chi connectivity index (χ3n) is 3.83. The zero-order chi connectivity index (χ0) is 14.8. The molecule has 2 aliphatic heterocycles. The summed E-state index contributed by atoms with van der Waals surface area (Å²) in [6.07, 6.45) is 0.783. The Morgan fingerprint density at radius 1 is 1.20 bits per heavy atom. The molecule has 112 valence electrons. The minimum absolute atomic E-state index is 0.0582. The van der Waals surface area contributed by atoms with Crippen LogP contribution in [0.4, 0.5) is 0 Å². The van der Waals surface area contributed by atoms with Gasteiger partial charge in [0.15, 0.2) is 9.84 Å². The number of carboxylic acids is 1. The van der Waals surface area contributed by atoms with E-state index in [1.165, 1.54) is 0 Å². The number of piperazine rings is 1. The number of carbonyl (C=O) groups is 1. The summed E-state index contributed by atoms with van der Waals surface area (Å²) < 4.78 is 23.7. The molecule has 0 aromatic carbocycles. The van der Waals surface area contributed by atoms with Crippen molar-refractivity contribution in [1.82, 2.24) is 9.80 Å². The smallest absolute Gasteiger partial charge is 0.317 e. The molecular weight excluding hydrogens is 280 g/mol. The fraction of sp³-hybridized carbons (Fsp3) is 0.769. The normalized spacial score (nSPS) is 29.4.